The average Bonchev–Trinajstić information content (AvgIpc) is 3.49. The largest absolute Gasteiger partial charge is 0.497 e. The molecule has 2 N–H and O–H groups in total. The fraction of sp³-hybridized carbons (Fsp3) is 0.480. The molecule has 4 rings (SSSR count). The van der Waals surface area contributed by atoms with Gasteiger partial charge in [-0.15, -0.1) is 0 Å². The highest BCUT2D eigenvalue weighted by Crippen LogP contribution is 2.44. The minimum atomic E-state index is -1.10. The Kier molecular flexibility index (Phi) is 6.47. The van der Waals surface area contributed by atoms with Crippen LogP contribution in [0.2, 0.25) is 0 Å². The summed E-state index contributed by atoms with van der Waals surface area (Å²) in [6, 6.07) is 6.13. The van der Waals surface area contributed by atoms with Crippen molar-refractivity contribution in [3.8, 4) is 5.75 Å². The number of hydrogen-bond acceptors (Lipinski definition) is 4. The van der Waals surface area contributed by atoms with Gasteiger partial charge in [0.2, 0.25) is 5.91 Å². The Morgan fingerprint density at radius 3 is 2.50 bits per heavy atom. The summed E-state index contributed by atoms with van der Waals surface area (Å²) < 4.78 is 34.8. The molecule has 0 radical (unpaired) electrons. The number of urea groups is 1. The number of likely N-dealkylation sites (tertiary alicyclic amines) is 1. The first-order chi connectivity index (χ1) is 16.1. The highest BCUT2D eigenvalue weighted by Gasteiger charge is 2.49. The average molecular weight is 473 g/mol. The molecule has 1 aliphatic heterocycles. The van der Waals surface area contributed by atoms with E-state index >= 15 is 0 Å². The van der Waals surface area contributed by atoms with E-state index in [0.29, 0.717) is 6.54 Å². The number of ether oxygens (including phenoxy) is 1. The van der Waals surface area contributed by atoms with E-state index in [0.717, 1.165) is 36.4 Å². The predicted molar refractivity (Wildman–Crippen MR) is 122 cm³/mol. The molecule has 9 heteroatoms. The van der Waals surface area contributed by atoms with Gasteiger partial charge in [0.25, 0.3) is 0 Å². The van der Waals surface area contributed by atoms with Gasteiger partial charge in [-0.25, -0.2) is 13.6 Å². The van der Waals surface area contributed by atoms with Gasteiger partial charge in [0.05, 0.1) is 18.3 Å². The van der Waals surface area contributed by atoms with Crippen molar-refractivity contribution in [2.45, 2.75) is 51.1 Å². The van der Waals surface area contributed by atoms with Crippen molar-refractivity contribution in [3.05, 3.63) is 58.9 Å². The zero-order valence-electron chi connectivity index (χ0n) is 19.8. The first kappa shape index (κ1) is 23.9. The van der Waals surface area contributed by atoms with Gasteiger partial charge in [-0.2, -0.15) is 0 Å². The maximum Gasteiger partial charge on any atom is 0.316 e. The maximum atomic E-state index is 14.9. The minimum absolute atomic E-state index is 0.0469. The summed E-state index contributed by atoms with van der Waals surface area (Å²) in [4.78, 5) is 32.3. The molecule has 2 aromatic rings. The predicted octanol–water partition coefficient (Wildman–Crippen LogP) is 3.62. The Balaban J connectivity index is 1.59. The molecule has 1 aromatic heterocycles. The third kappa shape index (κ3) is 4.69. The van der Waals surface area contributed by atoms with E-state index in [1.807, 2.05) is 39.0 Å². The third-order valence-electron chi connectivity index (χ3n) is 6.41. The van der Waals surface area contributed by atoms with Crippen LogP contribution in [-0.2, 0) is 10.3 Å². The first-order valence-electron chi connectivity index (χ1n) is 11.5. The number of aromatic nitrogens is 1. The van der Waals surface area contributed by atoms with Gasteiger partial charge in [0, 0.05) is 42.4 Å². The molecule has 0 unspecified atom stereocenters. The van der Waals surface area contributed by atoms with Crippen molar-refractivity contribution in [2.24, 2.45) is 5.92 Å². The Hall–Kier alpha value is -3.23. The van der Waals surface area contributed by atoms with E-state index in [1.165, 1.54) is 7.11 Å². The number of aryl methyl sites for hydroxylation is 1. The van der Waals surface area contributed by atoms with Gasteiger partial charge in [-0.05, 0) is 37.8 Å². The van der Waals surface area contributed by atoms with Crippen LogP contribution in [0.4, 0.5) is 13.6 Å². The molecular weight excluding hydrogens is 442 g/mol. The summed E-state index contributed by atoms with van der Waals surface area (Å²) >= 11 is 0. The Morgan fingerprint density at radius 1 is 1.26 bits per heavy atom. The topological polar surface area (TPSA) is 83.6 Å². The number of nitrogens with zero attached hydrogens (tertiary/aromatic N) is 2. The highest BCUT2D eigenvalue weighted by molar-refractivity contribution is 5.90. The summed E-state index contributed by atoms with van der Waals surface area (Å²) in [6.45, 7) is 6.31. The van der Waals surface area contributed by atoms with Crippen LogP contribution in [-0.4, -0.2) is 48.1 Å². The second-order valence-corrected chi connectivity index (χ2v) is 9.57. The second-order valence-electron chi connectivity index (χ2n) is 9.57. The van der Waals surface area contributed by atoms with E-state index in [1.54, 1.807) is 4.90 Å². The van der Waals surface area contributed by atoms with Crippen molar-refractivity contribution in [2.75, 3.05) is 20.2 Å². The number of carbonyl (C=O) groups excluding carboxylic acids is 2. The normalized spacial score (nSPS) is 21.0. The molecule has 2 aliphatic rings. The molecule has 3 amide bonds. The smallest absolute Gasteiger partial charge is 0.316 e. The van der Waals surface area contributed by atoms with E-state index in [4.69, 9.17) is 4.74 Å². The molecule has 1 aromatic carbocycles. The zero-order valence-corrected chi connectivity index (χ0v) is 19.8. The van der Waals surface area contributed by atoms with Crippen LogP contribution < -0.4 is 15.4 Å². The van der Waals surface area contributed by atoms with E-state index in [2.05, 4.69) is 15.6 Å². The van der Waals surface area contributed by atoms with Gasteiger partial charge in [-0.1, -0.05) is 19.9 Å². The molecule has 34 heavy (non-hydrogen) atoms. The summed E-state index contributed by atoms with van der Waals surface area (Å²) in [5, 5.41) is 5.65. The van der Waals surface area contributed by atoms with Crippen LogP contribution in [0.25, 0.3) is 0 Å². The Morgan fingerprint density at radius 2 is 1.94 bits per heavy atom. The standard InChI is InChI=1S/C25H30F2N4O3/c1-14(2)12-31-13-17(21-18(26)10-16(34-4)11-19(21)27)22(23(31)32)29-24(33)30-25(8-9-25)20-7-5-6-15(3)28-20/h5-7,10-11,14,17,22H,8-9,12-13H2,1-4H3,(H2,29,30,33)/t17-,22-/m0/s1. The lowest BCUT2D eigenvalue weighted by molar-refractivity contribution is -0.129. The monoisotopic (exact) mass is 472 g/mol. The number of pyridine rings is 1. The quantitative estimate of drug-likeness (QED) is 0.645. The summed E-state index contributed by atoms with van der Waals surface area (Å²) in [7, 11) is 1.32. The number of amides is 3. The van der Waals surface area contributed by atoms with Gasteiger partial charge in [0.1, 0.15) is 23.4 Å². The minimum Gasteiger partial charge on any atom is -0.497 e. The number of halogens is 2. The van der Waals surface area contributed by atoms with Crippen LogP contribution in [0.1, 0.15) is 49.6 Å². The van der Waals surface area contributed by atoms with Gasteiger partial charge < -0.3 is 20.3 Å². The van der Waals surface area contributed by atoms with Crippen molar-refractivity contribution in [1.29, 1.82) is 0 Å². The SMILES string of the molecule is COc1cc(F)c([C@@H]2CN(CC(C)C)C(=O)[C@H]2NC(=O)NC2(c3cccc(C)n3)CC2)c(F)c1. The van der Waals surface area contributed by atoms with Gasteiger partial charge in [-0.3, -0.25) is 9.78 Å². The molecule has 0 spiro atoms. The summed E-state index contributed by atoms with van der Waals surface area (Å²) in [6.07, 6.45) is 1.44. The first-order valence-corrected chi connectivity index (χ1v) is 11.5. The summed E-state index contributed by atoms with van der Waals surface area (Å²) in [5.41, 5.74) is 0.770. The van der Waals surface area contributed by atoms with Crippen LogP contribution in [0.15, 0.2) is 30.3 Å². The molecule has 2 atom stereocenters. The van der Waals surface area contributed by atoms with Crippen LogP contribution in [0.5, 0.6) is 5.75 Å². The molecule has 182 valence electrons. The van der Waals surface area contributed by atoms with Crippen LogP contribution in [0.3, 0.4) is 0 Å². The number of carbonyl (C=O) groups is 2. The van der Waals surface area contributed by atoms with Crippen molar-refractivity contribution in [1.82, 2.24) is 20.5 Å². The van der Waals surface area contributed by atoms with Crippen LogP contribution >= 0.6 is 0 Å². The molecule has 2 fully saturated rings. The fourth-order valence-electron chi connectivity index (χ4n) is 4.63. The molecule has 1 aliphatic carbocycles. The van der Waals surface area contributed by atoms with Gasteiger partial charge >= 0.3 is 6.03 Å². The number of methoxy groups -OCH3 is 1. The number of rotatable bonds is 7. The Bertz CT molecular complexity index is 1080. The fourth-order valence-corrected chi connectivity index (χ4v) is 4.63. The lowest BCUT2D eigenvalue weighted by Crippen LogP contribution is -2.51. The molecule has 1 saturated heterocycles. The number of hydrogen-bond donors (Lipinski definition) is 2. The van der Waals surface area contributed by atoms with E-state index in [-0.39, 0.29) is 29.7 Å². The lowest BCUT2D eigenvalue weighted by atomic mass is 9.92. The maximum absolute atomic E-state index is 14.9. The zero-order chi connectivity index (χ0) is 24.6. The molecule has 7 nitrogen and oxygen atoms in total. The van der Waals surface area contributed by atoms with Crippen LogP contribution in [0, 0.1) is 24.5 Å². The molecule has 1 saturated carbocycles. The number of benzene rings is 1. The van der Waals surface area contributed by atoms with E-state index < -0.39 is 35.2 Å². The molecule has 2 heterocycles. The molecular formula is C25H30F2N4O3. The van der Waals surface area contributed by atoms with Crippen molar-refractivity contribution < 1.29 is 23.1 Å². The second kappa shape index (κ2) is 9.19. The Labute approximate surface area is 197 Å². The highest BCUT2D eigenvalue weighted by atomic mass is 19.1. The third-order valence-corrected chi connectivity index (χ3v) is 6.41. The van der Waals surface area contributed by atoms with Crippen molar-refractivity contribution in [3.63, 3.8) is 0 Å². The number of nitrogens with one attached hydrogen (secondary N) is 2. The molecule has 0 bridgehead atoms. The van der Waals surface area contributed by atoms with Gasteiger partial charge in [0.15, 0.2) is 0 Å². The van der Waals surface area contributed by atoms with Crippen molar-refractivity contribution >= 4 is 11.9 Å². The summed E-state index contributed by atoms with van der Waals surface area (Å²) in [5.74, 6) is -2.65. The van der Waals surface area contributed by atoms with E-state index in [9.17, 15) is 18.4 Å². The lowest BCUT2D eigenvalue weighted by Gasteiger charge is -2.23.